The van der Waals surface area contributed by atoms with Gasteiger partial charge in [-0.15, -0.1) is 11.3 Å². The topological polar surface area (TPSA) is 63.6 Å². The lowest BCUT2D eigenvalue weighted by atomic mass is 9.85. The molecule has 1 aliphatic rings. The number of para-hydroxylation sites is 1. The summed E-state index contributed by atoms with van der Waals surface area (Å²) < 4.78 is 12.3. The number of nitrogens with one attached hydrogen (secondary N) is 1. The molecule has 0 spiro atoms. The molecule has 0 saturated heterocycles. The van der Waals surface area contributed by atoms with Crippen LogP contribution in [0.3, 0.4) is 0 Å². The number of fused-ring (bicyclic) bond motifs is 2. The molecule has 0 saturated carbocycles. The lowest BCUT2D eigenvalue weighted by Gasteiger charge is -2.32. The SMILES string of the molecule is COc1ccc(OC)c2c1C[C@@H](O)[C@H](NCCCc1nc3ccccc3s1)C2. The van der Waals surface area contributed by atoms with E-state index in [4.69, 9.17) is 14.5 Å². The first-order valence-corrected chi connectivity index (χ1v) is 10.5. The minimum atomic E-state index is -0.434. The first kappa shape index (κ1) is 19.2. The van der Waals surface area contributed by atoms with E-state index in [1.54, 1.807) is 25.6 Å². The zero-order valence-corrected chi connectivity index (χ0v) is 17.1. The molecular weight excluding hydrogens is 372 g/mol. The van der Waals surface area contributed by atoms with E-state index in [2.05, 4.69) is 23.5 Å². The highest BCUT2D eigenvalue weighted by molar-refractivity contribution is 7.18. The lowest BCUT2D eigenvalue weighted by molar-refractivity contribution is 0.117. The fourth-order valence-electron chi connectivity index (χ4n) is 3.95. The van der Waals surface area contributed by atoms with Crippen molar-refractivity contribution in [2.45, 2.75) is 37.8 Å². The molecule has 2 N–H and O–H groups in total. The van der Waals surface area contributed by atoms with Crippen molar-refractivity contribution >= 4 is 21.6 Å². The van der Waals surface area contributed by atoms with Crippen molar-refractivity contribution in [2.75, 3.05) is 20.8 Å². The van der Waals surface area contributed by atoms with Gasteiger partial charge in [-0.1, -0.05) is 12.1 Å². The Hall–Kier alpha value is -2.15. The maximum Gasteiger partial charge on any atom is 0.122 e. The number of aliphatic hydroxyl groups excluding tert-OH is 1. The molecule has 28 heavy (non-hydrogen) atoms. The molecule has 6 heteroatoms. The Labute approximate surface area is 169 Å². The number of nitrogens with zero attached hydrogens (tertiary/aromatic N) is 1. The highest BCUT2D eigenvalue weighted by atomic mass is 32.1. The Morgan fingerprint density at radius 3 is 2.50 bits per heavy atom. The molecule has 0 fully saturated rings. The van der Waals surface area contributed by atoms with Gasteiger partial charge in [-0.2, -0.15) is 0 Å². The van der Waals surface area contributed by atoms with Crippen LogP contribution in [0.4, 0.5) is 0 Å². The minimum Gasteiger partial charge on any atom is -0.496 e. The average molecular weight is 399 g/mol. The lowest BCUT2D eigenvalue weighted by Crippen LogP contribution is -2.46. The summed E-state index contributed by atoms with van der Waals surface area (Å²) in [7, 11) is 3.36. The second kappa shape index (κ2) is 8.47. The fourth-order valence-corrected chi connectivity index (χ4v) is 4.96. The Bertz CT molecular complexity index is 923. The summed E-state index contributed by atoms with van der Waals surface area (Å²) >= 11 is 1.76. The molecule has 3 aromatic rings. The van der Waals surface area contributed by atoms with Gasteiger partial charge < -0.3 is 19.9 Å². The van der Waals surface area contributed by atoms with Gasteiger partial charge in [0.15, 0.2) is 0 Å². The summed E-state index contributed by atoms with van der Waals surface area (Å²) in [6.07, 6.45) is 2.81. The standard InChI is InChI=1S/C22H26N2O3S/c1-26-19-9-10-20(27-2)15-13-18(25)17(12-14(15)19)23-11-5-8-22-24-16-6-3-4-7-21(16)28-22/h3-4,6-7,9-10,17-18,23,25H,5,8,11-13H2,1-2H3/t17-,18-/m1/s1. The molecular formula is C22H26N2O3S. The first-order chi connectivity index (χ1) is 13.7. The molecule has 0 aliphatic heterocycles. The number of aromatic nitrogens is 1. The molecule has 0 amide bonds. The normalized spacial score (nSPS) is 18.8. The van der Waals surface area contributed by atoms with Gasteiger partial charge in [-0.3, -0.25) is 0 Å². The summed E-state index contributed by atoms with van der Waals surface area (Å²) in [5.41, 5.74) is 3.27. The first-order valence-electron chi connectivity index (χ1n) is 9.68. The molecule has 1 aliphatic carbocycles. The second-order valence-corrected chi connectivity index (χ2v) is 8.26. The van der Waals surface area contributed by atoms with E-state index in [0.29, 0.717) is 6.42 Å². The van der Waals surface area contributed by atoms with Gasteiger partial charge in [0.05, 0.1) is 35.5 Å². The van der Waals surface area contributed by atoms with Crippen LogP contribution in [0.2, 0.25) is 0 Å². The molecule has 4 rings (SSSR count). The summed E-state index contributed by atoms with van der Waals surface area (Å²) in [5.74, 6) is 1.69. The Morgan fingerprint density at radius 2 is 1.79 bits per heavy atom. The molecule has 0 bridgehead atoms. The number of aryl methyl sites for hydroxylation is 1. The van der Waals surface area contributed by atoms with Crippen LogP contribution in [0.1, 0.15) is 22.6 Å². The number of rotatable bonds is 7. The zero-order chi connectivity index (χ0) is 19.5. The van der Waals surface area contributed by atoms with Gasteiger partial charge in [-0.05, 0) is 43.7 Å². The predicted molar refractivity (Wildman–Crippen MR) is 113 cm³/mol. The Balaban J connectivity index is 1.36. The number of methoxy groups -OCH3 is 2. The molecule has 0 unspecified atom stereocenters. The van der Waals surface area contributed by atoms with Crippen LogP contribution in [0.15, 0.2) is 36.4 Å². The zero-order valence-electron chi connectivity index (χ0n) is 16.3. The van der Waals surface area contributed by atoms with Gasteiger partial charge >= 0.3 is 0 Å². The van der Waals surface area contributed by atoms with E-state index in [1.165, 1.54) is 9.71 Å². The summed E-state index contributed by atoms with van der Waals surface area (Å²) in [4.78, 5) is 4.69. The number of hydrogen-bond acceptors (Lipinski definition) is 6. The van der Waals surface area contributed by atoms with Crippen LogP contribution >= 0.6 is 11.3 Å². The van der Waals surface area contributed by atoms with Crippen LogP contribution in [-0.4, -0.2) is 43.0 Å². The third-order valence-corrected chi connectivity index (χ3v) is 6.50. The van der Waals surface area contributed by atoms with E-state index in [0.717, 1.165) is 53.9 Å². The molecule has 0 radical (unpaired) electrons. The van der Waals surface area contributed by atoms with Crippen molar-refractivity contribution in [3.8, 4) is 11.5 Å². The van der Waals surface area contributed by atoms with Crippen molar-refractivity contribution in [1.82, 2.24) is 10.3 Å². The average Bonchev–Trinajstić information content (AvgIpc) is 3.13. The van der Waals surface area contributed by atoms with Crippen molar-refractivity contribution < 1.29 is 14.6 Å². The Morgan fingerprint density at radius 1 is 1.07 bits per heavy atom. The van der Waals surface area contributed by atoms with Gasteiger partial charge in [-0.25, -0.2) is 4.98 Å². The van der Waals surface area contributed by atoms with E-state index in [9.17, 15) is 5.11 Å². The van der Waals surface area contributed by atoms with Crippen molar-refractivity contribution in [3.05, 3.63) is 52.5 Å². The number of thiazole rings is 1. The van der Waals surface area contributed by atoms with Gasteiger partial charge in [0.2, 0.25) is 0 Å². The summed E-state index contributed by atoms with van der Waals surface area (Å²) in [5, 5.41) is 15.3. The maximum absolute atomic E-state index is 10.6. The van der Waals surface area contributed by atoms with Crippen molar-refractivity contribution in [2.24, 2.45) is 0 Å². The quantitative estimate of drug-likeness (QED) is 0.598. The molecule has 148 valence electrons. The van der Waals surface area contributed by atoms with Crippen LogP contribution in [0.25, 0.3) is 10.2 Å². The molecule has 5 nitrogen and oxygen atoms in total. The van der Waals surface area contributed by atoms with Crippen LogP contribution in [0.5, 0.6) is 11.5 Å². The Kier molecular flexibility index (Phi) is 5.80. The number of hydrogen-bond donors (Lipinski definition) is 2. The molecule has 2 aromatic carbocycles. The van der Waals surface area contributed by atoms with Crippen molar-refractivity contribution in [1.29, 1.82) is 0 Å². The van der Waals surface area contributed by atoms with Crippen LogP contribution < -0.4 is 14.8 Å². The van der Waals surface area contributed by atoms with Crippen LogP contribution in [0, 0.1) is 0 Å². The van der Waals surface area contributed by atoms with E-state index in [-0.39, 0.29) is 6.04 Å². The third-order valence-electron chi connectivity index (χ3n) is 5.40. The van der Waals surface area contributed by atoms with Gasteiger partial charge in [0.25, 0.3) is 0 Å². The maximum atomic E-state index is 10.6. The second-order valence-electron chi connectivity index (χ2n) is 7.14. The third kappa shape index (κ3) is 3.85. The van der Waals surface area contributed by atoms with Gasteiger partial charge in [0, 0.05) is 30.0 Å². The largest absolute Gasteiger partial charge is 0.496 e. The molecule has 2 atom stereocenters. The smallest absolute Gasteiger partial charge is 0.122 e. The predicted octanol–water partition coefficient (Wildman–Crippen LogP) is 3.36. The number of benzene rings is 2. The van der Waals surface area contributed by atoms with Gasteiger partial charge in [0.1, 0.15) is 11.5 Å². The van der Waals surface area contributed by atoms with Crippen LogP contribution in [-0.2, 0) is 19.3 Å². The minimum absolute atomic E-state index is 0.0175. The molecule has 1 aromatic heterocycles. The molecule has 1 heterocycles. The van der Waals surface area contributed by atoms with E-state index >= 15 is 0 Å². The highest BCUT2D eigenvalue weighted by Gasteiger charge is 2.30. The van der Waals surface area contributed by atoms with E-state index in [1.807, 2.05) is 18.2 Å². The van der Waals surface area contributed by atoms with Crippen molar-refractivity contribution in [3.63, 3.8) is 0 Å². The number of aliphatic hydroxyl groups is 1. The summed E-state index contributed by atoms with van der Waals surface area (Å²) in [6, 6.07) is 12.1. The summed E-state index contributed by atoms with van der Waals surface area (Å²) in [6.45, 7) is 0.846. The monoisotopic (exact) mass is 398 g/mol. The number of ether oxygens (including phenoxy) is 2. The highest BCUT2D eigenvalue weighted by Crippen LogP contribution is 2.36. The van der Waals surface area contributed by atoms with E-state index < -0.39 is 6.10 Å². The fraction of sp³-hybridized carbons (Fsp3) is 0.409.